The molecule has 0 aliphatic rings. The molecule has 10 heteroatoms. The number of benzene rings is 1. The summed E-state index contributed by atoms with van der Waals surface area (Å²) in [5.41, 5.74) is 3.40. The van der Waals surface area contributed by atoms with Crippen molar-refractivity contribution in [3.63, 3.8) is 0 Å². The summed E-state index contributed by atoms with van der Waals surface area (Å²) in [7, 11) is 0. The number of hydrogen-bond donors (Lipinski definition) is 1. The fourth-order valence-corrected chi connectivity index (χ4v) is 3.49. The largest absolute Gasteiger partial charge is 0.382 e. The van der Waals surface area contributed by atoms with Gasteiger partial charge >= 0.3 is 0 Å². The number of anilines is 1. The second kappa shape index (κ2) is 8.12. The number of para-hydroxylation sites is 1. The molecule has 0 saturated carbocycles. The molecule has 0 unspecified atom stereocenters. The first-order valence-electron chi connectivity index (χ1n) is 10.2. The van der Waals surface area contributed by atoms with Gasteiger partial charge in [0.05, 0.1) is 18.0 Å². The lowest BCUT2D eigenvalue weighted by atomic mass is 10.1. The third-order valence-electron chi connectivity index (χ3n) is 4.96. The molecular weight excluding hydrogens is 421 g/mol. The Morgan fingerprint density at radius 1 is 1.09 bits per heavy atom. The fraction of sp³-hybridized carbons (Fsp3) is 0.130. The Balaban J connectivity index is 1.58. The molecule has 0 bridgehead atoms. The topological polar surface area (TPSA) is 110 Å². The van der Waals surface area contributed by atoms with Crippen LogP contribution in [0.1, 0.15) is 19.4 Å². The van der Waals surface area contributed by atoms with Crippen LogP contribution in [0.4, 0.5) is 10.1 Å². The molecule has 0 fully saturated rings. The number of rotatable bonds is 5. The summed E-state index contributed by atoms with van der Waals surface area (Å²) in [6, 6.07) is 12.2. The van der Waals surface area contributed by atoms with Crippen molar-refractivity contribution in [3.05, 3.63) is 72.6 Å². The van der Waals surface area contributed by atoms with E-state index in [0.717, 1.165) is 11.1 Å². The Kier molecular flexibility index (Phi) is 4.99. The monoisotopic (exact) mass is 439 g/mol. The minimum atomic E-state index is -0.388. The number of nitriles is 1. The Bertz CT molecular complexity index is 1510. The zero-order valence-corrected chi connectivity index (χ0v) is 17.8. The van der Waals surface area contributed by atoms with Gasteiger partial charge in [-0.05, 0) is 32.0 Å². The van der Waals surface area contributed by atoms with Crippen LogP contribution in [0.25, 0.3) is 33.8 Å². The zero-order valence-electron chi connectivity index (χ0n) is 17.8. The van der Waals surface area contributed by atoms with Gasteiger partial charge < -0.3 is 5.32 Å². The molecule has 0 spiro atoms. The maximum atomic E-state index is 14.2. The number of aromatic nitrogens is 7. The van der Waals surface area contributed by atoms with E-state index in [0.29, 0.717) is 34.0 Å². The summed E-state index contributed by atoms with van der Waals surface area (Å²) in [5, 5.41) is 26.0. The summed E-state index contributed by atoms with van der Waals surface area (Å²) < 4.78 is 17.2. The van der Waals surface area contributed by atoms with Crippen molar-refractivity contribution in [1.29, 1.82) is 5.26 Å². The molecule has 4 heterocycles. The van der Waals surface area contributed by atoms with Crippen molar-refractivity contribution in [2.24, 2.45) is 0 Å². The van der Waals surface area contributed by atoms with E-state index >= 15 is 0 Å². The molecule has 0 saturated heterocycles. The van der Waals surface area contributed by atoms with Gasteiger partial charge in [0.15, 0.2) is 11.5 Å². The molecular formula is C23H18FN9. The average Bonchev–Trinajstić information content (AvgIpc) is 3.46. The van der Waals surface area contributed by atoms with Gasteiger partial charge in [0, 0.05) is 41.1 Å². The standard InChI is InChI=1S/C23H18FN9/c1-14(2)29-19-8-22(33-23-16(11-28-33)7-15(9-25)10-27-23)26-12-17(19)20-13-32(31-30-20)21-6-4-3-5-18(21)24/h3-8,10-14H,1-2H3,(H,26,29). The van der Waals surface area contributed by atoms with Gasteiger partial charge in [0.1, 0.15) is 23.3 Å². The van der Waals surface area contributed by atoms with Crippen LogP contribution in [0, 0.1) is 17.1 Å². The van der Waals surface area contributed by atoms with Crippen molar-refractivity contribution in [2.75, 3.05) is 5.32 Å². The Morgan fingerprint density at radius 2 is 1.94 bits per heavy atom. The number of halogens is 1. The highest BCUT2D eigenvalue weighted by molar-refractivity contribution is 5.79. The minimum Gasteiger partial charge on any atom is -0.382 e. The predicted molar refractivity (Wildman–Crippen MR) is 120 cm³/mol. The van der Waals surface area contributed by atoms with Gasteiger partial charge in [0.25, 0.3) is 0 Å². The Morgan fingerprint density at radius 3 is 2.73 bits per heavy atom. The smallest absolute Gasteiger partial charge is 0.164 e. The first-order valence-corrected chi connectivity index (χ1v) is 10.2. The van der Waals surface area contributed by atoms with Gasteiger partial charge in [-0.2, -0.15) is 15.0 Å². The van der Waals surface area contributed by atoms with E-state index in [9.17, 15) is 4.39 Å². The maximum absolute atomic E-state index is 14.2. The van der Waals surface area contributed by atoms with Gasteiger partial charge in [0.2, 0.25) is 0 Å². The maximum Gasteiger partial charge on any atom is 0.164 e. The Labute approximate surface area is 188 Å². The third-order valence-corrected chi connectivity index (χ3v) is 4.96. The van der Waals surface area contributed by atoms with E-state index in [1.165, 1.54) is 16.9 Å². The third kappa shape index (κ3) is 3.76. The molecule has 0 aliphatic heterocycles. The number of nitrogens with zero attached hydrogens (tertiary/aromatic N) is 8. The number of nitrogens with one attached hydrogen (secondary N) is 1. The van der Waals surface area contributed by atoms with Crippen molar-refractivity contribution in [1.82, 2.24) is 34.7 Å². The van der Waals surface area contributed by atoms with E-state index in [-0.39, 0.29) is 11.9 Å². The number of hydrogen-bond acceptors (Lipinski definition) is 7. The lowest BCUT2D eigenvalue weighted by Gasteiger charge is -2.14. The molecule has 0 amide bonds. The molecule has 1 aromatic carbocycles. The quantitative estimate of drug-likeness (QED) is 0.442. The first-order chi connectivity index (χ1) is 16.0. The van der Waals surface area contributed by atoms with E-state index in [1.54, 1.807) is 47.5 Å². The lowest BCUT2D eigenvalue weighted by Crippen LogP contribution is -2.12. The molecule has 33 heavy (non-hydrogen) atoms. The molecule has 0 aliphatic carbocycles. The van der Waals surface area contributed by atoms with Crippen molar-refractivity contribution in [2.45, 2.75) is 19.9 Å². The van der Waals surface area contributed by atoms with E-state index in [1.807, 2.05) is 19.9 Å². The molecule has 9 nitrogen and oxygen atoms in total. The highest BCUT2D eigenvalue weighted by Crippen LogP contribution is 2.29. The first kappa shape index (κ1) is 20.3. The van der Waals surface area contributed by atoms with Crippen molar-refractivity contribution >= 4 is 16.7 Å². The van der Waals surface area contributed by atoms with E-state index < -0.39 is 0 Å². The average molecular weight is 439 g/mol. The predicted octanol–water partition coefficient (Wildman–Crippen LogP) is 3.89. The van der Waals surface area contributed by atoms with Crippen LogP contribution in [0.15, 0.2) is 61.2 Å². The van der Waals surface area contributed by atoms with Crippen LogP contribution in [0.3, 0.4) is 0 Å². The Hall–Kier alpha value is -4.65. The van der Waals surface area contributed by atoms with Crippen LogP contribution >= 0.6 is 0 Å². The molecule has 0 radical (unpaired) electrons. The van der Waals surface area contributed by atoms with Gasteiger partial charge in [-0.25, -0.2) is 19.0 Å². The molecule has 1 N–H and O–H groups in total. The molecule has 5 aromatic rings. The molecule has 5 rings (SSSR count). The summed E-state index contributed by atoms with van der Waals surface area (Å²) in [4.78, 5) is 8.92. The van der Waals surface area contributed by atoms with Crippen LogP contribution in [-0.2, 0) is 0 Å². The molecule has 0 atom stereocenters. The molecule has 162 valence electrons. The highest BCUT2D eigenvalue weighted by Gasteiger charge is 2.16. The van der Waals surface area contributed by atoms with Gasteiger partial charge in [-0.15, -0.1) is 5.10 Å². The zero-order chi connectivity index (χ0) is 22.9. The number of pyridine rings is 2. The summed E-state index contributed by atoms with van der Waals surface area (Å²) >= 11 is 0. The van der Waals surface area contributed by atoms with Crippen LogP contribution < -0.4 is 5.32 Å². The second-order valence-corrected chi connectivity index (χ2v) is 7.69. The SMILES string of the molecule is CC(C)Nc1cc(-n2ncc3cc(C#N)cnc32)ncc1-c1cn(-c2ccccc2F)nn1. The van der Waals surface area contributed by atoms with E-state index in [4.69, 9.17) is 5.26 Å². The van der Waals surface area contributed by atoms with Crippen LogP contribution in [0.2, 0.25) is 0 Å². The number of fused-ring (bicyclic) bond motifs is 1. The molecule has 4 aromatic heterocycles. The summed E-state index contributed by atoms with van der Waals surface area (Å²) in [6.45, 7) is 4.04. The minimum absolute atomic E-state index is 0.131. The van der Waals surface area contributed by atoms with Crippen LogP contribution in [-0.4, -0.2) is 40.8 Å². The summed E-state index contributed by atoms with van der Waals surface area (Å²) in [6.07, 6.45) is 6.49. The van der Waals surface area contributed by atoms with Gasteiger partial charge in [-0.1, -0.05) is 17.3 Å². The second-order valence-electron chi connectivity index (χ2n) is 7.69. The van der Waals surface area contributed by atoms with E-state index in [2.05, 4.69) is 36.8 Å². The lowest BCUT2D eigenvalue weighted by molar-refractivity contribution is 0.607. The normalized spacial score (nSPS) is 11.1. The fourth-order valence-electron chi connectivity index (χ4n) is 3.49. The van der Waals surface area contributed by atoms with Crippen molar-refractivity contribution < 1.29 is 4.39 Å². The van der Waals surface area contributed by atoms with Crippen LogP contribution in [0.5, 0.6) is 0 Å². The van der Waals surface area contributed by atoms with Crippen molar-refractivity contribution in [3.8, 4) is 28.8 Å². The highest BCUT2D eigenvalue weighted by atomic mass is 19.1. The summed E-state index contributed by atoms with van der Waals surface area (Å²) in [5.74, 6) is 0.163. The van der Waals surface area contributed by atoms with Gasteiger partial charge in [-0.3, -0.25) is 0 Å².